The van der Waals surface area contributed by atoms with Crippen molar-refractivity contribution in [3.05, 3.63) is 69.0 Å². The summed E-state index contributed by atoms with van der Waals surface area (Å²) >= 11 is 6.28. The number of hydrogen-bond acceptors (Lipinski definition) is 5. The van der Waals surface area contributed by atoms with Gasteiger partial charge in [-0.25, -0.2) is 4.79 Å². The second-order valence-electron chi connectivity index (χ2n) is 7.58. The number of anilines is 1. The minimum atomic E-state index is -0.481. The van der Waals surface area contributed by atoms with Crippen molar-refractivity contribution in [1.29, 1.82) is 0 Å². The van der Waals surface area contributed by atoms with Crippen molar-refractivity contribution in [3.63, 3.8) is 0 Å². The molecule has 1 aliphatic heterocycles. The highest BCUT2D eigenvalue weighted by molar-refractivity contribution is 6.33. The van der Waals surface area contributed by atoms with Crippen LogP contribution in [-0.4, -0.2) is 35.5 Å². The first-order valence-corrected chi connectivity index (χ1v) is 10.3. The van der Waals surface area contributed by atoms with E-state index < -0.39 is 5.63 Å². The van der Waals surface area contributed by atoms with Gasteiger partial charge in [0.15, 0.2) is 0 Å². The number of hydrogen-bond donors (Lipinski definition) is 1. The number of aromatic hydroxyl groups is 1. The van der Waals surface area contributed by atoms with Crippen LogP contribution in [0.4, 0.5) is 5.69 Å². The number of carbonyl (C=O) groups is 1. The Morgan fingerprint density at radius 2 is 1.97 bits per heavy atom. The number of likely N-dealkylation sites (N-methyl/N-ethyl adjacent to an activating group) is 1. The zero-order valence-corrected chi connectivity index (χ0v) is 17.6. The summed E-state index contributed by atoms with van der Waals surface area (Å²) in [5.74, 6) is 0.102. The van der Waals surface area contributed by atoms with Crippen LogP contribution in [0.3, 0.4) is 0 Å². The number of phenols is 1. The van der Waals surface area contributed by atoms with E-state index in [4.69, 9.17) is 16.0 Å². The Hall–Kier alpha value is -2.83. The summed E-state index contributed by atoms with van der Waals surface area (Å²) in [5.41, 5.74) is 2.12. The third-order valence-electron chi connectivity index (χ3n) is 5.68. The van der Waals surface area contributed by atoms with Crippen LogP contribution in [0, 0.1) is 0 Å². The number of amides is 1. The highest BCUT2D eigenvalue weighted by atomic mass is 35.5. The number of phenolic OH excluding ortho intramolecular Hbond substituents is 1. The molecule has 1 fully saturated rings. The predicted molar refractivity (Wildman–Crippen MR) is 117 cm³/mol. The standard InChI is InChI=1S/C23H23ClN2O4/c1-3-14-10-16-15(11-22(28)30-21(16)12-20(14)27)13-25(2)19-8-9-26(23(19)29)18-7-5-4-6-17(18)24/h4-7,10-12,19,27H,3,8-9,13H2,1-2H3. The molecule has 0 radical (unpaired) electrons. The van der Waals surface area contributed by atoms with Crippen molar-refractivity contribution in [2.24, 2.45) is 0 Å². The molecule has 0 spiro atoms. The molecule has 2 aromatic carbocycles. The first kappa shape index (κ1) is 20.4. The van der Waals surface area contributed by atoms with E-state index in [-0.39, 0.29) is 17.7 Å². The van der Waals surface area contributed by atoms with Crippen LogP contribution < -0.4 is 10.5 Å². The summed E-state index contributed by atoms with van der Waals surface area (Å²) in [6, 6.07) is 11.8. The van der Waals surface area contributed by atoms with Gasteiger partial charge in [-0.1, -0.05) is 30.7 Å². The number of aryl methyl sites for hydroxylation is 1. The number of para-hydroxylation sites is 1. The van der Waals surface area contributed by atoms with Gasteiger partial charge < -0.3 is 14.4 Å². The SMILES string of the molecule is CCc1cc2c(CN(C)C3CCN(c4ccccc4Cl)C3=O)cc(=O)oc2cc1O. The lowest BCUT2D eigenvalue weighted by molar-refractivity contribution is -0.121. The number of carbonyl (C=O) groups excluding carboxylic acids is 1. The van der Waals surface area contributed by atoms with Crippen LogP contribution in [0.25, 0.3) is 11.0 Å². The fraction of sp³-hybridized carbons (Fsp3) is 0.304. The molecule has 156 valence electrons. The van der Waals surface area contributed by atoms with E-state index in [2.05, 4.69) is 0 Å². The smallest absolute Gasteiger partial charge is 0.336 e. The molecule has 0 aliphatic carbocycles. The van der Waals surface area contributed by atoms with Gasteiger partial charge >= 0.3 is 5.63 Å². The summed E-state index contributed by atoms with van der Waals surface area (Å²) in [6.45, 7) is 2.94. The van der Waals surface area contributed by atoms with Gasteiger partial charge in [0.05, 0.1) is 16.8 Å². The minimum Gasteiger partial charge on any atom is -0.508 e. The van der Waals surface area contributed by atoms with E-state index in [1.54, 1.807) is 11.0 Å². The molecule has 1 aromatic heterocycles. The van der Waals surface area contributed by atoms with Crippen LogP contribution in [0.5, 0.6) is 5.75 Å². The molecule has 1 amide bonds. The molecule has 1 N–H and O–H groups in total. The summed E-state index contributed by atoms with van der Waals surface area (Å²) < 4.78 is 5.27. The quantitative estimate of drug-likeness (QED) is 0.625. The molecule has 1 aliphatic rings. The molecule has 6 nitrogen and oxygen atoms in total. The molecule has 1 atom stereocenters. The van der Waals surface area contributed by atoms with Crippen LogP contribution in [-0.2, 0) is 17.8 Å². The van der Waals surface area contributed by atoms with E-state index in [0.717, 1.165) is 16.5 Å². The van der Waals surface area contributed by atoms with Crippen molar-refractivity contribution in [1.82, 2.24) is 4.90 Å². The van der Waals surface area contributed by atoms with Gasteiger partial charge in [0.2, 0.25) is 5.91 Å². The summed E-state index contributed by atoms with van der Waals surface area (Å²) in [7, 11) is 1.88. The number of benzene rings is 2. The maximum absolute atomic E-state index is 13.1. The van der Waals surface area contributed by atoms with Gasteiger partial charge in [-0.2, -0.15) is 0 Å². The Bertz CT molecular complexity index is 1170. The third-order valence-corrected chi connectivity index (χ3v) is 6.00. The third kappa shape index (κ3) is 3.68. The average molecular weight is 427 g/mol. The molecule has 2 heterocycles. The largest absolute Gasteiger partial charge is 0.508 e. The second-order valence-corrected chi connectivity index (χ2v) is 7.99. The summed E-state index contributed by atoms with van der Waals surface area (Å²) in [4.78, 5) is 28.8. The zero-order valence-electron chi connectivity index (χ0n) is 16.9. The summed E-state index contributed by atoms with van der Waals surface area (Å²) in [6.07, 6.45) is 1.32. The Balaban J connectivity index is 1.62. The minimum absolute atomic E-state index is 0.00948. The van der Waals surface area contributed by atoms with Crippen LogP contribution in [0.15, 0.2) is 51.7 Å². The first-order valence-electron chi connectivity index (χ1n) is 9.93. The van der Waals surface area contributed by atoms with Crippen LogP contribution in [0.2, 0.25) is 5.02 Å². The van der Waals surface area contributed by atoms with Crippen molar-refractivity contribution in [3.8, 4) is 5.75 Å². The molecular weight excluding hydrogens is 404 g/mol. The summed E-state index contributed by atoms with van der Waals surface area (Å²) in [5, 5.41) is 11.4. The van der Waals surface area contributed by atoms with E-state index in [1.165, 1.54) is 12.1 Å². The van der Waals surface area contributed by atoms with Gasteiger partial charge in [0.25, 0.3) is 0 Å². The van der Waals surface area contributed by atoms with Crippen LogP contribution >= 0.6 is 11.6 Å². The van der Waals surface area contributed by atoms with Crippen molar-refractivity contribution < 1.29 is 14.3 Å². The molecular formula is C23H23ClN2O4. The molecule has 30 heavy (non-hydrogen) atoms. The fourth-order valence-corrected chi connectivity index (χ4v) is 4.32. The van der Waals surface area contributed by atoms with E-state index in [0.29, 0.717) is 42.2 Å². The molecule has 3 aromatic rings. The zero-order chi connectivity index (χ0) is 21.4. The molecule has 0 bridgehead atoms. The monoisotopic (exact) mass is 426 g/mol. The molecule has 1 saturated heterocycles. The van der Waals surface area contributed by atoms with Crippen molar-refractivity contribution >= 4 is 34.2 Å². The number of rotatable bonds is 5. The molecule has 4 rings (SSSR count). The van der Waals surface area contributed by atoms with Gasteiger partial charge in [-0.05, 0) is 49.2 Å². The van der Waals surface area contributed by atoms with Crippen LogP contribution in [0.1, 0.15) is 24.5 Å². The lowest BCUT2D eigenvalue weighted by Gasteiger charge is -2.24. The first-order chi connectivity index (χ1) is 14.4. The number of halogens is 1. The number of nitrogens with zero attached hydrogens (tertiary/aromatic N) is 2. The Kier molecular flexibility index (Phi) is 5.54. The van der Waals surface area contributed by atoms with E-state index in [1.807, 2.05) is 43.1 Å². The molecule has 1 unspecified atom stereocenters. The van der Waals surface area contributed by atoms with Crippen molar-refractivity contribution in [2.45, 2.75) is 32.4 Å². The second kappa shape index (κ2) is 8.13. The Morgan fingerprint density at radius 3 is 2.70 bits per heavy atom. The topological polar surface area (TPSA) is 74.0 Å². The fourth-order valence-electron chi connectivity index (χ4n) is 4.08. The van der Waals surface area contributed by atoms with E-state index in [9.17, 15) is 14.7 Å². The maximum atomic E-state index is 13.1. The molecule has 7 heteroatoms. The lowest BCUT2D eigenvalue weighted by Crippen LogP contribution is -2.39. The Labute approximate surface area is 179 Å². The van der Waals surface area contributed by atoms with Gasteiger partial charge in [0.1, 0.15) is 11.3 Å². The highest BCUT2D eigenvalue weighted by Crippen LogP contribution is 2.32. The van der Waals surface area contributed by atoms with Gasteiger partial charge in [0, 0.05) is 30.6 Å². The highest BCUT2D eigenvalue weighted by Gasteiger charge is 2.36. The maximum Gasteiger partial charge on any atom is 0.336 e. The lowest BCUT2D eigenvalue weighted by atomic mass is 10.0. The van der Waals surface area contributed by atoms with E-state index >= 15 is 0 Å². The van der Waals surface area contributed by atoms with Crippen molar-refractivity contribution in [2.75, 3.05) is 18.5 Å². The van der Waals surface area contributed by atoms with Gasteiger partial charge in [-0.3, -0.25) is 9.69 Å². The normalized spacial score (nSPS) is 16.7. The Morgan fingerprint density at radius 1 is 1.20 bits per heavy atom. The predicted octanol–water partition coefficient (Wildman–Crippen LogP) is 3.95. The average Bonchev–Trinajstić information content (AvgIpc) is 3.09. The number of fused-ring (bicyclic) bond motifs is 1. The van der Waals surface area contributed by atoms with Gasteiger partial charge in [-0.15, -0.1) is 0 Å². The molecule has 0 saturated carbocycles.